The maximum Gasteiger partial charge on any atom is 0.127 e. The van der Waals surface area contributed by atoms with Crippen LogP contribution in [0.3, 0.4) is 0 Å². The number of benzene rings is 2. The molecule has 22 heavy (non-hydrogen) atoms. The summed E-state index contributed by atoms with van der Waals surface area (Å²) in [6, 6.07) is 12.8. The molecule has 0 aliphatic carbocycles. The first-order valence-electron chi connectivity index (χ1n) is 7.93. The minimum Gasteiger partial charge on any atom is -0.490 e. The normalized spacial score (nSPS) is 17.3. The Morgan fingerprint density at radius 3 is 2.36 bits per heavy atom. The fourth-order valence-electron chi connectivity index (χ4n) is 2.71. The number of hydrogen-bond acceptors (Lipinski definition) is 4. The lowest BCUT2D eigenvalue weighted by atomic mass is 10.1. The van der Waals surface area contributed by atoms with Crippen molar-refractivity contribution in [3.8, 4) is 5.75 Å². The Kier molecular flexibility index (Phi) is 4.91. The van der Waals surface area contributed by atoms with Crippen molar-refractivity contribution in [1.82, 2.24) is 9.21 Å². The summed E-state index contributed by atoms with van der Waals surface area (Å²) >= 11 is 1.87. The van der Waals surface area contributed by atoms with Crippen molar-refractivity contribution in [1.29, 1.82) is 0 Å². The van der Waals surface area contributed by atoms with Gasteiger partial charge in [-0.25, -0.2) is 4.31 Å². The first-order valence-corrected chi connectivity index (χ1v) is 8.70. The summed E-state index contributed by atoms with van der Waals surface area (Å²) in [5.74, 6) is 0.980. The summed E-state index contributed by atoms with van der Waals surface area (Å²) in [5.41, 5.74) is 0. The molecule has 0 radical (unpaired) electrons. The first kappa shape index (κ1) is 15.7. The average Bonchev–Trinajstić information content (AvgIpc) is 2.50. The first-order chi connectivity index (χ1) is 10.6. The summed E-state index contributed by atoms with van der Waals surface area (Å²) in [4.78, 5) is 3.70. The Hall–Kier alpha value is -1.23. The fourth-order valence-corrected chi connectivity index (χ4v) is 3.75. The van der Waals surface area contributed by atoms with Crippen LogP contribution in [0, 0.1) is 0 Å². The summed E-state index contributed by atoms with van der Waals surface area (Å²) in [6.45, 7) is 8.64. The number of piperazine rings is 1. The Balaban J connectivity index is 1.87. The lowest BCUT2D eigenvalue weighted by Crippen LogP contribution is -2.40. The third kappa shape index (κ3) is 3.57. The van der Waals surface area contributed by atoms with Crippen molar-refractivity contribution in [3.05, 3.63) is 36.4 Å². The molecule has 1 aliphatic rings. The van der Waals surface area contributed by atoms with E-state index in [1.165, 1.54) is 15.7 Å². The van der Waals surface area contributed by atoms with Crippen LogP contribution in [0.1, 0.15) is 13.8 Å². The van der Waals surface area contributed by atoms with Gasteiger partial charge in [0.25, 0.3) is 0 Å². The predicted octanol–water partition coefficient (Wildman–Crippen LogP) is 3.88. The van der Waals surface area contributed by atoms with Crippen molar-refractivity contribution in [2.24, 2.45) is 0 Å². The highest BCUT2D eigenvalue weighted by Crippen LogP contribution is 2.35. The third-order valence-electron chi connectivity index (χ3n) is 3.89. The molecule has 1 saturated heterocycles. The number of ether oxygens (including phenoxy) is 1. The van der Waals surface area contributed by atoms with Crippen LogP contribution >= 0.6 is 11.9 Å². The molecule has 2 aromatic rings. The van der Waals surface area contributed by atoms with Crippen LogP contribution in [-0.4, -0.2) is 48.5 Å². The number of rotatable bonds is 4. The van der Waals surface area contributed by atoms with Crippen molar-refractivity contribution in [3.63, 3.8) is 0 Å². The van der Waals surface area contributed by atoms with Crippen LogP contribution in [0.15, 0.2) is 41.3 Å². The van der Waals surface area contributed by atoms with Crippen LogP contribution < -0.4 is 4.74 Å². The lowest BCUT2D eigenvalue weighted by Gasteiger charge is -2.31. The van der Waals surface area contributed by atoms with Gasteiger partial charge in [0.05, 0.1) is 6.10 Å². The standard InChI is InChI=1S/C18H24N2OS/c1-14(2)21-17-8-4-7-16-15(17)6-5-9-18(16)22-20-12-10-19(3)11-13-20/h4-9,14H,10-13H2,1-3H3. The Morgan fingerprint density at radius 1 is 0.955 bits per heavy atom. The maximum absolute atomic E-state index is 5.96. The molecule has 0 unspecified atom stereocenters. The van der Waals surface area contributed by atoms with Gasteiger partial charge in [-0.15, -0.1) is 0 Å². The quantitative estimate of drug-likeness (QED) is 0.795. The summed E-state index contributed by atoms with van der Waals surface area (Å²) < 4.78 is 8.42. The molecular weight excluding hydrogens is 292 g/mol. The minimum absolute atomic E-state index is 0.194. The van der Waals surface area contributed by atoms with Gasteiger partial charge in [-0.2, -0.15) is 0 Å². The Bertz CT molecular complexity index is 636. The van der Waals surface area contributed by atoms with Gasteiger partial charge in [0, 0.05) is 41.8 Å². The molecule has 2 aromatic carbocycles. The number of fused-ring (bicyclic) bond motifs is 1. The van der Waals surface area contributed by atoms with Crippen molar-refractivity contribution < 1.29 is 4.74 Å². The van der Waals surface area contributed by atoms with Gasteiger partial charge in [0.1, 0.15) is 5.75 Å². The topological polar surface area (TPSA) is 15.7 Å². The van der Waals surface area contributed by atoms with Crippen molar-refractivity contribution >= 4 is 22.7 Å². The molecule has 1 aliphatic heterocycles. The number of hydrogen-bond donors (Lipinski definition) is 0. The molecular formula is C18H24N2OS. The molecule has 118 valence electrons. The number of nitrogens with zero attached hydrogens (tertiary/aromatic N) is 2. The van der Waals surface area contributed by atoms with E-state index in [2.05, 4.69) is 66.5 Å². The van der Waals surface area contributed by atoms with E-state index in [0.29, 0.717) is 0 Å². The van der Waals surface area contributed by atoms with Crippen molar-refractivity contribution in [2.45, 2.75) is 24.8 Å². The predicted molar refractivity (Wildman–Crippen MR) is 94.6 cm³/mol. The van der Waals surface area contributed by atoms with Gasteiger partial charge < -0.3 is 9.64 Å². The average molecular weight is 316 g/mol. The largest absolute Gasteiger partial charge is 0.490 e. The van der Waals surface area contributed by atoms with E-state index in [4.69, 9.17) is 4.74 Å². The minimum atomic E-state index is 0.194. The summed E-state index contributed by atoms with van der Waals surface area (Å²) in [5, 5.41) is 2.49. The van der Waals surface area contributed by atoms with Gasteiger partial charge in [0.15, 0.2) is 0 Å². The molecule has 0 saturated carbocycles. The van der Waals surface area contributed by atoms with Gasteiger partial charge in [-0.1, -0.05) is 24.3 Å². The zero-order valence-electron chi connectivity index (χ0n) is 13.6. The van der Waals surface area contributed by atoms with Crippen LogP contribution in [-0.2, 0) is 0 Å². The molecule has 0 bridgehead atoms. The van der Waals surface area contributed by atoms with Gasteiger partial charge in [-0.3, -0.25) is 0 Å². The van der Waals surface area contributed by atoms with E-state index in [9.17, 15) is 0 Å². The van der Waals surface area contributed by atoms with Gasteiger partial charge >= 0.3 is 0 Å². The highest BCUT2D eigenvalue weighted by molar-refractivity contribution is 7.97. The van der Waals surface area contributed by atoms with E-state index in [-0.39, 0.29) is 6.10 Å². The highest BCUT2D eigenvalue weighted by atomic mass is 32.2. The Morgan fingerprint density at radius 2 is 1.64 bits per heavy atom. The molecule has 0 aromatic heterocycles. The van der Waals surface area contributed by atoms with Gasteiger partial charge in [-0.05, 0) is 45.0 Å². The second-order valence-electron chi connectivity index (χ2n) is 6.10. The van der Waals surface area contributed by atoms with E-state index in [1.54, 1.807) is 0 Å². The molecule has 1 fully saturated rings. The van der Waals surface area contributed by atoms with Crippen LogP contribution in [0.2, 0.25) is 0 Å². The molecule has 1 heterocycles. The molecule has 0 N–H and O–H groups in total. The highest BCUT2D eigenvalue weighted by Gasteiger charge is 2.16. The fraction of sp³-hybridized carbons (Fsp3) is 0.444. The molecule has 3 nitrogen and oxygen atoms in total. The molecule has 0 atom stereocenters. The van der Waals surface area contributed by atoms with Crippen LogP contribution in [0.5, 0.6) is 5.75 Å². The number of likely N-dealkylation sites (N-methyl/N-ethyl adjacent to an activating group) is 1. The zero-order valence-corrected chi connectivity index (χ0v) is 14.4. The monoisotopic (exact) mass is 316 g/mol. The molecule has 0 spiro atoms. The second kappa shape index (κ2) is 6.90. The molecule has 0 amide bonds. The van der Waals surface area contributed by atoms with Crippen molar-refractivity contribution in [2.75, 3.05) is 33.2 Å². The zero-order chi connectivity index (χ0) is 15.5. The second-order valence-corrected chi connectivity index (χ2v) is 7.24. The molecule has 4 heteroatoms. The van der Waals surface area contributed by atoms with E-state index in [0.717, 1.165) is 31.9 Å². The van der Waals surface area contributed by atoms with E-state index < -0.39 is 0 Å². The smallest absolute Gasteiger partial charge is 0.127 e. The maximum atomic E-state index is 5.96. The lowest BCUT2D eigenvalue weighted by molar-refractivity contribution is 0.233. The SMILES string of the molecule is CC(C)Oc1cccc2c(SN3CCN(C)CC3)cccc12. The van der Waals surface area contributed by atoms with E-state index >= 15 is 0 Å². The van der Waals surface area contributed by atoms with Crippen LogP contribution in [0.4, 0.5) is 0 Å². The molecule has 3 rings (SSSR count). The Labute approximate surface area is 137 Å². The van der Waals surface area contributed by atoms with Crippen LogP contribution in [0.25, 0.3) is 10.8 Å². The summed E-state index contributed by atoms with van der Waals surface area (Å²) in [7, 11) is 2.19. The van der Waals surface area contributed by atoms with Gasteiger partial charge in [0.2, 0.25) is 0 Å². The van der Waals surface area contributed by atoms with E-state index in [1.807, 2.05) is 11.9 Å². The summed E-state index contributed by atoms with van der Waals surface area (Å²) in [6.07, 6.45) is 0.194. The third-order valence-corrected chi connectivity index (χ3v) is 5.07.